The van der Waals surface area contributed by atoms with Gasteiger partial charge in [-0.05, 0) is 25.7 Å². The number of benzene rings is 1. The second kappa shape index (κ2) is 6.38. The Morgan fingerprint density at radius 1 is 1.35 bits per heavy atom. The van der Waals surface area contributed by atoms with E-state index in [1.807, 2.05) is 30.3 Å². The van der Waals surface area contributed by atoms with Crippen LogP contribution in [0.25, 0.3) is 11.3 Å². The lowest BCUT2D eigenvalue weighted by Gasteiger charge is -2.36. The molecule has 0 radical (unpaired) electrons. The van der Waals surface area contributed by atoms with Crippen LogP contribution in [-0.4, -0.2) is 31.2 Å². The van der Waals surface area contributed by atoms with Crippen molar-refractivity contribution in [3.63, 3.8) is 0 Å². The Balaban J connectivity index is 1.64. The molecular formula is C18H19N5O3. The average Bonchev–Trinajstić information content (AvgIpc) is 3.22. The van der Waals surface area contributed by atoms with Crippen molar-refractivity contribution in [2.75, 3.05) is 0 Å². The Labute approximate surface area is 149 Å². The Hall–Kier alpha value is -3.00. The summed E-state index contributed by atoms with van der Waals surface area (Å²) in [5, 5.41) is 21.7. The number of aliphatic hydroxyl groups is 1. The van der Waals surface area contributed by atoms with Gasteiger partial charge in [0.05, 0.1) is 24.0 Å². The zero-order chi connectivity index (χ0) is 18.3. The van der Waals surface area contributed by atoms with Crippen LogP contribution >= 0.6 is 0 Å². The van der Waals surface area contributed by atoms with Crippen molar-refractivity contribution in [3.8, 4) is 11.3 Å². The number of carbonyl (C=O) groups excluding carboxylic acids is 1. The number of hydrogen-bond donors (Lipinski definition) is 2. The fourth-order valence-electron chi connectivity index (χ4n) is 3.51. The van der Waals surface area contributed by atoms with E-state index in [9.17, 15) is 9.90 Å². The molecule has 1 aromatic carbocycles. The Morgan fingerprint density at radius 2 is 2.08 bits per heavy atom. The summed E-state index contributed by atoms with van der Waals surface area (Å²) in [4.78, 5) is 11.8. The lowest BCUT2D eigenvalue weighted by Crippen LogP contribution is -2.29. The SMILES string of the molecule is CC(O)c1cnnn1C1CC(c2c(C(N)=O)noc2-c2ccccc2)C1. The van der Waals surface area contributed by atoms with Crippen LogP contribution in [0.3, 0.4) is 0 Å². The largest absolute Gasteiger partial charge is 0.387 e. The first-order valence-electron chi connectivity index (χ1n) is 8.49. The fraction of sp³-hybridized carbons (Fsp3) is 0.333. The Morgan fingerprint density at radius 3 is 2.73 bits per heavy atom. The minimum absolute atomic E-state index is 0.0787. The summed E-state index contributed by atoms with van der Waals surface area (Å²) in [5.41, 5.74) is 7.96. The summed E-state index contributed by atoms with van der Waals surface area (Å²) < 4.78 is 7.21. The zero-order valence-corrected chi connectivity index (χ0v) is 14.2. The third kappa shape index (κ3) is 2.68. The minimum atomic E-state index is -0.638. The number of rotatable bonds is 5. The molecule has 0 spiro atoms. The molecule has 4 rings (SSSR count). The monoisotopic (exact) mass is 353 g/mol. The lowest BCUT2D eigenvalue weighted by molar-refractivity contribution is 0.0989. The first kappa shape index (κ1) is 16.5. The van der Waals surface area contributed by atoms with Crippen molar-refractivity contribution in [2.45, 2.75) is 37.8 Å². The van der Waals surface area contributed by atoms with Crippen molar-refractivity contribution >= 4 is 5.91 Å². The predicted molar refractivity (Wildman–Crippen MR) is 92.1 cm³/mol. The van der Waals surface area contributed by atoms with Crippen molar-refractivity contribution in [2.24, 2.45) is 5.73 Å². The number of hydrogen-bond acceptors (Lipinski definition) is 6. The van der Waals surface area contributed by atoms with Gasteiger partial charge in [0.2, 0.25) is 0 Å². The van der Waals surface area contributed by atoms with Gasteiger partial charge in [0.25, 0.3) is 5.91 Å². The highest BCUT2D eigenvalue weighted by Gasteiger charge is 2.39. The smallest absolute Gasteiger partial charge is 0.271 e. The summed E-state index contributed by atoms with van der Waals surface area (Å²) in [6.07, 6.45) is 2.41. The van der Waals surface area contributed by atoms with Gasteiger partial charge in [0, 0.05) is 11.1 Å². The highest BCUT2D eigenvalue weighted by atomic mass is 16.5. The van der Waals surface area contributed by atoms with E-state index in [1.54, 1.807) is 17.8 Å². The van der Waals surface area contributed by atoms with Crippen molar-refractivity contribution < 1.29 is 14.4 Å². The van der Waals surface area contributed by atoms with Crippen LogP contribution in [0.5, 0.6) is 0 Å². The first-order chi connectivity index (χ1) is 12.6. The van der Waals surface area contributed by atoms with E-state index in [0.717, 1.165) is 24.0 Å². The van der Waals surface area contributed by atoms with Crippen LogP contribution < -0.4 is 5.73 Å². The van der Waals surface area contributed by atoms with Crippen molar-refractivity contribution in [1.29, 1.82) is 0 Å². The molecule has 8 nitrogen and oxygen atoms in total. The molecule has 26 heavy (non-hydrogen) atoms. The van der Waals surface area contributed by atoms with Crippen molar-refractivity contribution in [3.05, 3.63) is 53.5 Å². The van der Waals surface area contributed by atoms with Crippen molar-refractivity contribution in [1.82, 2.24) is 20.2 Å². The number of nitrogens with zero attached hydrogens (tertiary/aromatic N) is 4. The zero-order valence-electron chi connectivity index (χ0n) is 14.2. The molecular weight excluding hydrogens is 334 g/mol. The van der Waals surface area contributed by atoms with Gasteiger partial charge < -0.3 is 15.4 Å². The van der Waals surface area contributed by atoms with E-state index in [1.165, 1.54) is 0 Å². The quantitative estimate of drug-likeness (QED) is 0.725. The number of amides is 1. The van der Waals surface area contributed by atoms with E-state index in [2.05, 4.69) is 15.5 Å². The average molecular weight is 353 g/mol. The van der Waals surface area contributed by atoms with E-state index >= 15 is 0 Å². The molecule has 1 aliphatic rings. The van der Waals surface area contributed by atoms with Gasteiger partial charge in [-0.2, -0.15) is 0 Å². The number of aliphatic hydroxyl groups excluding tert-OH is 1. The molecule has 2 heterocycles. The molecule has 3 N–H and O–H groups in total. The molecule has 3 aromatic rings. The number of primary amides is 1. The third-order valence-corrected chi connectivity index (χ3v) is 4.90. The molecule has 1 saturated carbocycles. The fourth-order valence-corrected chi connectivity index (χ4v) is 3.51. The second-order valence-electron chi connectivity index (χ2n) is 6.61. The maximum absolute atomic E-state index is 11.8. The topological polar surface area (TPSA) is 120 Å². The maximum Gasteiger partial charge on any atom is 0.271 e. The molecule has 0 saturated heterocycles. The van der Waals surface area contributed by atoms with Crippen LogP contribution in [0.4, 0.5) is 0 Å². The minimum Gasteiger partial charge on any atom is -0.387 e. The maximum atomic E-state index is 11.8. The van der Waals surface area contributed by atoms with Crippen LogP contribution in [-0.2, 0) is 0 Å². The van der Waals surface area contributed by atoms with Gasteiger partial charge >= 0.3 is 0 Å². The van der Waals surface area contributed by atoms with Gasteiger partial charge in [-0.3, -0.25) is 4.79 Å². The Kier molecular flexibility index (Phi) is 4.04. The number of aromatic nitrogens is 4. The summed E-state index contributed by atoms with van der Waals surface area (Å²) >= 11 is 0. The molecule has 2 aromatic heterocycles. The molecule has 1 atom stereocenters. The lowest BCUT2D eigenvalue weighted by atomic mass is 9.74. The van der Waals surface area contributed by atoms with Gasteiger partial charge in [-0.1, -0.05) is 40.7 Å². The molecule has 8 heteroatoms. The summed E-state index contributed by atoms with van der Waals surface area (Å²) in [6, 6.07) is 9.64. The summed E-state index contributed by atoms with van der Waals surface area (Å²) in [6.45, 7) is 1.68. The van der Waals surface area contributed by atoms with E-state index in [4.69, 9.17) is 10.3 Å². The predicted octanol–water partition coefficient (Wildman–Crippen LogP) is 2.20. The van der Waals surface area contributed by atoms with Gasteiger partial charge in [0.15, 0.2) is 11.5 Å². The van der Waals surface area contributed by atoms with E-state index in [0.29, 0.717) is 11.5 Å². The molecule has 1 unspecified atom stereocenters. The highest BCUT2D eigenvalue weighted by Crippen LogP contribution is 2.48. The third-order valence-electron chi connectivity index (χ3n) is 4.90. The van der Waals surface area contributed by atoms with Gasteiger partial charge in [0.1, 0.15) is 0 Å². The first-order valence-corrected chi connectivity index (χ1v) is 8.49. The van der Waals surface area contributed by atoms with Crippen LogP contribution in [0.1, 0.15) is 59.6 Å². The number of nitrogens with two attached hydrogens (primary N) is 1. The molecule has 134 valence electrons. The van der Waals surface area contributed by atoms with Gasteiger partial charge in [-0.25, -0.2) is 4.68 Å². The normalized spacial score (nSPS) is 20.5. The molecule has 1 amide bonds. The van der Waals surface area contributed by atoms with E-state index < -0.39 is 12.0 Å². The van der Waals surface area contributed by atoms with Crippen LogP contribution in [0.15, 0.2) is 41.1 Å². The standard InChI is InChI=1S/C18H19N5O3/c1-10(24)14-9-20-22-23(14)13-7-12(8-13)15-16(18(19)25)21-26-17(15)11-5-3-2-4-6-11/h2-6,9-10,12-13,24H,7-8H2,1H3,(H2,19,25). The molecule has 0 aliphatic heterocycles. The molecule has 1 fully saturated rings. The summed E-state index contributed by atoms with van der Waals surface area (Å²) in [5.74, 6) is 0.0620. The van der Waals surface area contributed by atoms with Crippen LogP contribution in [0.2, 0.25) is 0 Å². The number of carbonyl (C=O) groups is 1. The highest BCUT2D eigenvalue weighted by molar-refractivity contribution is 5.94. The van der Waals surface area contributed by atoms with E-state index in [-0.39, 0.29) is 17.7 Å². The van der Waals surface area contributed by atoms with Gasteiger partial charge in [-0.15, -0.1) is 5.10 Å². The van der Waals surface area contributed by atoms with Crippen LogP contribution in [0, 0.1) is 0 Å². The summed E-state index contributed by atoms with van der Waals surface area (Å²) in [7, 11) is 0. The molecule has 0 bridgehead atoms. The molecule has 1 aliphatic carbocycles. The Bertz CT molecular complexity index is 925. The second-order valence-corrected chi connectivity index (χ2v) is 6.61.